The fourth-order valence-electron chi connectivity index (χ4n) is 4.19. The molecule has 0 aromatic heterocycles. The zero-order chi connectivity index (χ0) is 19.3. The summed E-state index contributed by atoms with van der Waals surface area (Å²) in [6.07, 6.45) is 0.621. The predicted molar refractivity (Wildman–Crippen MR) is 102 cm³/mol. The largest absolute Gasteiger partial charge is 0.490 e. The highest BCUT2D eigenvalue weighted by atomic mass is 16.6. The van der Waals surface area contributed by atoms with E-state index in [1.165, 1.54) is 0 Å². The molecule has 0 aliphatic carbocycles. The maximum Gasteiger partial charge on any atom is 0.325 e. The van der Waals surface area contributed by atoms with E-state index in [2.05, 4.69) is 5.32 Å². The van der Waals surface area contributed by atoms with E-state index in [1.54, 1.807) is 4.90 Å². The number of anilines is 1. The molecule has 7 heteroatoms. The molecule has 0 radical (unpaired) electrons. The summed E-state index contributed by atoms with van der Waals surface area (Å²) in [7, 11) is 0. The number of nitrogens with one attached hydrogen (secondary N) is 1. The number of benzene rings is 2. The van der Waals surface area contributed by atoms with E-state index < -0.39 is 5.72 Å². The van der Waals surface area contributed by atoms with Gasteiger partial charge in [0.05, 0.1) is 18.3 Å². The summed E-state index contributed by atoms with van der Waals surface area (Å²) >= 11 is 0. The Hall–Kier alpha value is -3.09. The quantitative estimate of drug-likeness (QED) is 0.878. The van der Waals surface area contributed by atoms with Crippen molar-refractivity contribution in [2.75, 3.05) is 24.7 Å². The van der Waals surface area contributed by atoms with Gasteiger partial charge in [0.2, 0.25) is 0 Å². The zero-order valence-corrected chi connectivity index (χ0v) is 15.9. The number of carbonyl (C=O) groups excluding carboxylic acids is 1. The number of hydrogen-bond donors (Lipinski definition) is 1. The van der Waals surface area contributed by atoms with Crippen LogP contribution in [0.25, 0.3) is 0 Å². The lowest BCUT2D eigenvalue weighted by atomic mass is 9.90. The second kappa shape index (κ2) is 6.22. The molecule has 3 aliphatic rings. The number of para-hydroxylation sites is 1. The fraction of sp³-hybridized carbons (Fsp3) is 0.381. The molecule has 1 fully saturated rings. The van der Waals surface area contributed by atoms with Gasteiger partial charge in [-0.15, -0.1) is 0 Å². The Kier molecular flexibility index (Phi) is 3.79. The van der Waals surface area contributed by atoms with Crippen molar-refractivity contribution in [1.82, 2.24) is 5.32 Å². The molecule has 0 unspecified atom stereocenters. The van der Waals surface area contributed by atoms with Crippen molar-refractivity contribution in [2.45, 2.75) is 32.0 Å². The topological polar surface area (TPSA) is 69.3 Å². The smallest absolute Gasteiger partial charge is 0.325 e. The van der Waals surface area contributed by atoms with Crippen LogP contribution in [0, 0.1) is 0 Å². The van der Waals surface area contributed by atoms with Crippen molar-refractivity contribution in [3.05, 3.63) is 42.0 Å². The Bertz CT molecular complexity index is 946. The van der Waals surface area contributed by atoms with Crippen molar-refractivity contribution in [1.29, 1.82) is 0 Å². The van der Waals surface area contributed by atoms with E-state index in [0.29, 0.717) is 54.9 Å². The fourth-order valence-corrected chi connectivity index (χ4v) is 4.19. The van der Waals surface area contributed by atoms with E-state index in [4.69, 9.17) is 18.9 Å². The second-order valence-corrected chi connectivity index (χ2v) is 7.25. The number of nitrogens with zero attached hydrogens (tertiary/aromatic N) is 1. The number of fused-ring (bicyclic) bond motifs is 5. The van der Waals surface area contributed by atoms with Gasteiger partial charge < -0.3 is 24.3 Å². The highest BCUT2D eigenvalue weighted by Crippen LogP contribution is 2.49. The van der Waals surface area contributed by atoms with Gasteiger partial charge in [0.15, 0.2) is 28.7 Å². The van der Waals surface area contributed by atoms with Gasteiger partial charge in [0.25, 0.3) is 0 Å². The van der Waals surface area contributed by atoms with E-state index in [9.17, 15) is 4.79 Å². The number of hydrogen-bond acceptors (Lipinski definition) is 5. The van der Waals surface area contributed by atoms with Crippen molar-refractivity contribution < 1.29 is 23.7 Å². The van der Waals surface area contributed by atoms with Crippen molar-refractivity contribution in [2.24, 2.45) is 0 Å². The summed E-state index contributed by atoms with van der Waals surface area (Å²) in [5, 5.41) is 3.11. The number of urea groups is 1. The summed E-state index contributed by atoms with van der Waals surface area (Å²) in [5.74, 6) is 2.69. The number of carbonyl (C=O) groups is 1. The standard InChI is InChI=1S/C21H22N2O5/c1-3-25-17-6-4-5-14-15-12-21(2,28-19(14)17)23(20(24)22-15)13-7-8-16-18(11-13)27-10-9-26-16/h4-8,11,15H,3,9-10,12H2,1-2H3,(H,22,24)/t15-,21+/m1/s1. The van der Waals surface area contributed by atoms with Gasteiger partial charge in [-0.2, -0.15) is 0 Å². The number of ether oxygens (including phenoxy) is 4. The van der Waals surface area contributed by atoms with E-state index >= 15 is 0 Å². The Morgan fingerprint density at radius 3 is 2.86 bits per heavy atom. The maximum atomic E-state index is 13.0. The molecule has 2 amide bonds. The first-order valence-corrected chi connectivity index (χ1v) is 9.54. The summed E-state index contributed by atoms with van der Waals surface area (Å²) in [4.78, 5) is 14.7. The van der Waals surface area contributed by atoms with E-state index in [1.807, 2.05) is 50.2 Å². The van der Waals surface area contributed by atoms with Crippen molar-refractivity contribution in [3.8, 4) is 23.0 Å². The molecule has 2 aromatic rings. The lowest BCUT2D eigenvalue weighted by Crippen LogP contribution is -2.65. The van der Waals surface area contributed by atoms with Crippen LogP contribution in [0.4, 0.5) is 10.5 Å². The first-order chi connectivity index (χ1) is 13.6. The first kappa shape index (κ1) is 17.0. The van der Waals surface area contributed by atoms with Gasteiger partial charge >= 0.3 is 6.03 Å². The van der Waals surface area contributed by atoms with Gasteiger partial charge in [0, 0.05) is 18.1 Å². The molecular weight excluding hydrogens is 360 g/mol. The SMILES string of the molecule is CCOc1cccc2c1O[C@@]1(C)C[C@H]2NC(=O)N1c1ccc2c(c1)OCCO2. The van der Waals surface area contributed by atoms with E-state index in [-0.39, 0.29) is 12.1 Å². The van der Waals surface area contributed by atoms with Crippen molar-refractivity contribution >= 4 is 11.7 Å². The van der Waals surface area contributed by atoms with Gasteiger partial charge in [-0.1, -0.05) is 12.1 Å². The normalized spacial score (nSPS) is 24.7. The van der Waals surface area contributed by atoms with Gasteiger partial charge in [0.1, 0.15) is 13.2 Å². The molecule has 0 spiro atoms. The van der Waals surface area contributed by atoms with Crippen LogP contribution >= 0.6 is 0 Å². The van der Waals surface area contributed by atoms with Crippen LogP contribution in [0.3, 0.4) is 0 Å². The molecule has 2 aromatic carbocycles. The summed E-state index contributed by atoms with van der Waals surface area (Å²) in [6.45, 7) is 5.42. The summed E-state index contributed by atoms with van der Waals surface area (Å²) in [6, 6.07) is 11.0. The van der Waals surface area contributed by atoms with Crippen molar-refractivity contribution in [3.63, 3.8) is 0 Å². The molecule has 3 heterocycles. The van der Waals surface area contributed by atoms with Crippen LogP contribution in [0.15, 0.2) is 36.4 Å². The van der Waals surface area contributed by atoms with Crippen LogP contribution in [-0.2, 0) is 0 Å². The molecule has 1 N–H and O–H groups in total. The first-order valence-electron chi connectivity index (χ1n) is 9.54. The molecule has 28 heavy (non-hydrogen) atoms. The minimum atomic E-state index is -0.850. The third kappa shape index (κ3) is 2.53. The van der Waals surface area contributed by atoms with Crippen LogP contribution in [0.5, 0.6) is 23.0 Å². The molecule has 1 saturated heterocycles. The lowest BCUT2D eigenvalue weighted by Gasteiger charge is -2.50. The Morgan fingerprint density at radius 2 is 2.04 bits per heavy atom. The number of amides is 2. The molecule has 2 atom stereocenters. The predicted octanol–water partition coefficient (Wildman–Crippen LogP) is 3.63. The average Bonchev–Trinajstić information content (AvgIpc) is 2.68. The minimum Gasteiger partial charge on any atom is -0.490 e. The van der Waals surface area contributed by atoms with Crippen LogP contribution in [0.1, 0.15) is 31.9 Å². The molecule has 146 valence electrons. The van der Waals surface area contributed by atoms with Crippen LogP contribution < -0.4 is 29.2 Å². The third-order valence-electron chi connectivity index (χ3n) is 5.35. The Balaban J connectivity index is 1.57. The maximum absolute atomic E-state index is 13.0. The van der Waals surface area contributed by atoms with Crippen LogP contribution in [0.2, 0.25) is 0 Å². The summed E-state index contributed by atoms with van der Waals surface area (Å²) < 4.78 is 23.5. The monoisotopic (exact) mass is 382 g/mol. The van der Waals surface area contributed by atoms with Gasteiger partial charge in [-0.3, -0.25) is 4.90 Å². The highest BCUT2D eigenvalue weighted by molar-refractivity contribution is 5.95. The minimum absolute atomic E-state index is 0.130. The van der Waals surface area contributed by atoms with Crippen LogP contribution in [-0.4, -0.2) is 31.6 Å². The molecule has 0 saturated carbocycles. The highest BCUT2D eigenvalue weighted by Gasteiger charge is 2.50. The molecule has 5 rings (SSSR count). The molecular formula is C21H22N2O5. The third-order valence-corrected chi connectivity index (χ3v) is 5.35. The van der Waals surface area contributed by atoms with Gasteiger partial charge in [-0.05, 0) is 32.0 Å². The Labute approximate surface area is 163 Å². The van der Waals surface area contributed by atoms with Gasteiger partial charge in [-0.25, -0.2) is 4.79 Å². The van der Waals surface area contributed by atoms with E-state index in [0.717, 1.165) is 5.56 Å². The number of rotatable bonds is 3. The molecule has 2 bridgehead atoms. The Morgan fingerprint density at radius 1 is 1.21 bits per heavy atom. The lowest BCUT2D eigenvalue weighted by molar-refractivity contribution is 0.0342. The molecule has 7 nitrogen and oxygen atoms in total. The zero-order valence-electron chi connectivity index (χ0n) is 15.9. The average molecular weight is 382 g/mol. The summed E-state index contributed by atoms with van der Waals surface area (Å²) in [5.41, 5.74) is 0.787. The molecule has 3 aliphatic heterocycles. The second-order valence-electron chi connectivity index (χ2n) is 7.25.